The van der Waals surface area contributed by atoms with Crippen LogP contribution in [-0.2, 0) is 14.3 Å². The van der Waals surface area contributed by atoms with E-state index in [0.717, 1.165) is 25.7 Å². The van der Waals surface area contributed by atoms with Gasteiger partial charge in [0.05, 0.1) is 11.6 Å². The van der Waals surface area contributed by atoms with Gasteiger partial charge in [-0.2, -0.15) is 5.26 Å². The third kappa shape index (κ3) is 6.07. The molecule has 1 saturated carbocycles. The molecule has 2 atom stereocenters. The quantitative estimate of drug-likeness (QED) is 0.623. The SMILES string of the molecule is C[C@H](OC(=O)[C@@H](C)Oc1ccc(C#N)cc1)C(=O)NC1CCCCCC1. The molecule has 0 aromatic heterocycles. The lowest BCUT2D eigenvalue weighted by Crippen LogP contribution is -2.43. The average molecular weight is 358 g/mol. The van der Waals surface area contributed by atoms with Crippen LogP contribution < -0.4 is 10.1 Å². The predicted octanol–water partition coefficient (Wildman–Crippen LogP) is 3.10. The van der Waals surface area contributed by atoms with E-state index in [1.165, 1.54) is 12.8 Å². The van der Waals surface area contributed by atoms with Crippen molar-refractivity contribution in [3.63, 3.8) is 0 Å². The molecule has 26 heavy (non-hydrogen) atoms. The minimum Gasteiger partial charge on any atom is -0.479 e. The standard InChI is InChI=1S/C20H26N2O4/c1-14(19(23)22-17-7-5-3-4-6-8-17)26-20(24)15(2)25-18-11-9-16(13-21)10-12-18/h9-12,14-15,17H,3-8H2,1-2H3,(H,22,23)/t14-,15+/m0/s1. The summed E-state index contributed by atoms with van der Waals surface area (Å²) in [6, 6.07) is 8.63. The van der Waals surface area contributed by atoms with E-state index in [1.807, 2.05) is 6.07 Å². The molecule has 1 fully saturated rings. The highest BCUT2D eigenvalue weighted by Crippen LogP contribution is 2.18. The van der Waals surface area contributed by atoms with Gasteiger partial charge in [-0.25, -0.2) is 4.79 Å². The lowest BCUT2D eigenvalue weighted by atomic mass is 10.1. The van der Waals surface area contributed by atoms with Crippen LogP contribution in [0.1, 0.15) is 57.9 Å². The van der Waals surface area contributed by atoms with Crippen LogP contribution in [0.15, 0.2) is 24.3 Å². The molecule has 6 nitrogen and oxygen atoms in total. The minimum absolute atomic E-state index is 0.165. The first-order chi connectivity index (χ1) is 12.5. The van der Waals surface area contributed by atoms with E-state index in [4.69, 9.17) is 14.7 Å². The van der Waals surface area contributed by atoms with E-state index in [9.17, 15) is 9.59 Å². The fraction of sp³-hybridized carbons (Fsp3) is 0.550. The summed E-state index contributed by atoms with van der Waals surface area (Å²) in [5, 5.41) is 11.8. The average Bonchev–Trinajstić information content (AvgIpc) is 2.90. The summed E-state index contributed by atoms with van der Waals surface area (Å²) in [5.41, 5.74) is 0.511. The number of hydrogen-bond donors (Lipinski definition) is 1. The first kappa shape index (κ1) is 19.8. The van der Waals surface area contributed by atoms with Crippen LogP contribution in [0.2, 0.25) is 0 Å². The van der Waals surface area contributed by atoms with Crippen molar-refractivity contribution < 1.29 is 19.1 Å². The van der Waals surface area contributed by atoms with Crippen LogP contribution in [0.25, 0.3) is 0 Å². The Balaban J connectivity index is 1.80. The molecule has 0 saturated heterocycles. The van der Waals surface area contributed by atoms with E-state index in [0.29, 0.717) is 11.3 Å². The Bertz CT molecular complexity index is 643. The fourth-order valence-corrected chi connectivity index (χ4v) is 2.93. The van der Waals surface area contributed by atoms with Gasteiger partial charge >= 0.3 is 5.97 Å². The zero-order valence-corrected chi connectivity index (χ0v) is 15.4. The lowest BCUT2D eigenvalue weighted by molar-refractivity contribution is -0.161. The van der Waals surface area contributed by atoms with Crippen molar-refractivity contribution in [2.24, 2.45) is 0 Å². The number of nitrogens with one attached hydrogen (secondary N) is 1. The van der Waals surface area contributed by atoms with Gasteiger partial charge in [0, 0.05) is 6.04 Å². The van der Waals surface area contributed by atoms with E-state index in [1.54, 1.807) is 38.1 Å². The molecule has 1 aliphatic carbocycles. The van der Waals surface area contributed by atoms with Crippen LogP contribution in [0, 0.1) is 11.3 Å². The highest BCUT2D eigenvalue weighted by Gasteiger charge is 2.25. The van der Waals surface area contributed by atoms with Gasteiger partial charge in [0.25, 0.3) is 5.91 Å². The normalized spacial score (nSPS) is 17.3. The van der Waals surface area contributed by atoms with Gasteiger partial charge in [0.1, 0.15) is 5.75 Å². The van der Waals surface area contributed by atoms with E-state index in [2.05, 4.69) is 5.32 Å². The Morgan fingerprint density at radius 3 is 2.27 bits per heavy atom. The predicted molar refractivity (Wildman–Crippen MR) is 96.4 cm³/mol. The largest absolute Gasteiger partial charge is 0.479 e. The van der Waals surface area contributed by atoms with Crippen molar-refractivity contribution in [2.45, 2.75) is 70.6 Å². The lowest BCUT2D eigenvalue weighted by Gasteiger charge is -2.21. The van der Waals surface area contributed by atoms with Crippen LogP contribution in [-0.4, -0.2) is 30.1 Å². The van der Waals surface area contributed by atoms with Gasteiger partial charge in [-0.3, -0.25) is 4.79 Å². The van der Waals surface area contributed by atoms with Gasteiger partial charge < -0.3 is 14.8 Å². The maximum absolute atomic E-state index is 12.3. The fourth-order valence-electron chi connectivity index (χ4n) is 2.93. The number of hydrogen-bond acceptors (Lipinski definition) is 5. The molecule has 0 aliphatic heterocycles. The number of amides is 1. The van der Waals surface area contributed by atoms with Crippen molar-refractivity contribution in [3.05, 3.63) is 29.8 Å². The van der Waals surface area contributed by atoms with Crippen LogP contribution in [0.4, 0.5) is 0 Å². The van der Waals surface area contributed by atoms with E-state index in [-0.39, 0.29) is 11.9 Å². The van der Waals surface area contributed by atoms with Gasteiger partial charge in [-0.05, 0) is 51.0 Å². The Kier molecular flexibility index (Phi) is 7.46. The Labute approximate surface area is 154 Å². The zero-order valence-electron chi connectivity index (χ0n) is 15.4. The third-order valence-corrected chi connectivity index (χ3v) is 4.49. The molecule has 140 valence electrons. The highest BCUT2D eigenvalue weighted by molar-refractivity contribution is 5.84. The molecular weight excluding hydrogens is 332 g/mol. The number of nitriles is 1. The van der Waals surface area contributed by atoms with Crippen molar-refractivity contribution in [2.75, 3.05) is 0 Å². The molecule has 1 aromatic rings. The van der Waals surface area contributed by atoms with Crippen LogP contribution in [0.3, 0.4) is 0 Å². The maximum atomic E-state index is 12.3. The summed E-state index contributed by atoms with van der Waals surface area (Å²) in [4.78, 5) is 24.4. The Morgan fingerprint density at radius 1 is 1.08 bits per heavy atom. The second kappa shape index (κ2) is 9.81. The number of benzene rings is 1. The van der Waals surface area contributed by atoms with Crippen LogP contribution >= 0.6 is 0 Å². The second-order valence-corrected chi connectivity index (χ2v) is 6.67. The number of esters is 1. The molecule has 0 heterocycles. The molecule has 1 aromatic carbocycles. The zero-order chi connectivity index (χ0) is 18.9. The number of nitrogens with zero attached hydrogens (tertiary/aromatic N) is 1. The molecule has 6 heteroatoms. The maximum Gasteiger partial charge on any atom is 0.347 e. The molecule has 0 bridgehead atoms. The van der Waals surface area contributed by atoms with Gasteiger partial charge in [-0.15, -0.1) is 0 Å². The van der Waals surface area contributed by atoms with Crippen molar-refractivity contribution in [3.8, 4) is 11.8 Å². The summed E-state index contributed by atoms with van der Waals surface area (Å²) in [6.45, 7) is 3.13. The van der Waals surface area contributed by atoms with Gasteiger partial charge in [-0.1, -0.05) is 25.7 Å². The first-order valence-electron chi connectivity index (χ1n) is 9.17. The molecule has 1 amide bonds. The summed E-state index contributed by atoms with van der Waals surface area (Å²) in [6.07, 6.45) is 4.90. The van der Waals surface area contributed by atoms with E-state index >= 15 is 0 Å². The molecule has 0 radical (unpaired) electrons. The van der Waals surface area contributed by atoms with Gasteiger partial charge in [0.15, 0.2) is 12.2 Å². The smallest absolute Gasteiger partial charge is 0.347 e. The monoisotopic (exact) mass is 358 g/mol. The Morgan fingerprint density at radius 2 is 1.69 bits per heavy atom. The molecule has 1 aliphatic rings. The number of ether oxygens (including phenoxy) is 2. The summed E-state index contributed by atoms with van der Waals surface area (Å²) >= 11 is 0. The highest BCUT2D eigenvalue weighted by atomic mass is 16.6. The number of carbonyl (C=O) groups is 2. The molecule has 2 rings (SSSR count). The van der Waals surface area contributed by atoms with Crippen molar-refractivity contribution in [1.82, 2.24) is 5.32 Å². The van der Waals surface area contributed by atoms with Crippen molar-refractivity contribution in [1.29, 1.82) is 5.26 Å². The summed E-state index contributed by atoms with van der Waals surface area (Å²) in [7, 11) is 0. The summed E-state index contributed by atoms with van der Waals surface area (Å²) < 4.78 is 10.7. The topological polar surface area (TPSA) is 88.4 Å². The Hall–Kier alpha value is -2.55. The van der Waals surface area contributed by atoms with E-state index < -0.39 is 18.2 Å². The third-order valence-electron chi connectivity index (χ3n) is 4.49. The second-order valence-electron chi connectivity index (χ2n) is 6.67. The van der Waals surface area contributed by atoms with Crippen LogP contribution in [0.5, 0.6) is 5.75 Å². The summed E-state index contributed by atoms with van der Waals surface area (Å²) in [5.74, 6) is -0.405. The number of rotatable bonds is 6. The molecule has 0 unspecified atom stereocenters. The minimum atomic E-state index is -0.863. The van der Waals surface area contributed by atoms with Crippen molar-refractivity contribution >= 4 is 11.9 Å². The molecule has 1 N–H and O–H groups in total. The van der Waals surface area contributed by atoms with Gasteiger partial charge in [0.2, 0.25) is 0 Å². The number of carbonyl (C=O) groups excluding carboxylic acids is 2. The molecule has 0 spiro atoms. The first-order valence-corrected chi connectivity index (χ1v) is 9.17. The molecular formula is C20H26N2O4.